The number of morpholine rings is 1. The fraction of sp³-hybridized carbons (Fsp3) is 0.500. The van der Waals surface area contributed by atoms with Crippen LogP contribution in [0.25, 0.3) is 0 Å². The molecule has 34 heavy (non-hydrogen) atoms. The van der Waals surface area contributed by atoms with Crippen LogP contribution in [-0.4, -0.2) is 55.4 Å². The molecule has 1 aromatic carbocycles. The zero-order valence-electron chi connectivity index (χ0n) is 19.5. The Bertz CT molecular complexity index is 1160. The first-order chi connectivity index (χ1) is 16.0. The Hall–Kier alpha value is -2.69. The molecule has 4 N–H and O–H groups in total. The summed E-state index contributed by atoms with van der Waals surface area (Å²) in [5.41, 5.74) is 10.5. The van der Waals surface area contributed by atoms with Crippen LogP contribution in [0.15, 0.2) is 36.7 Å². The van der Waals surface area contributed by atoms with Gasteiger partial charge in [0.15, 0.2) is 0 Å². The zero-order chi connectivity index (χ0) is 24.5. The van der Waals surface area contributed by atoms with E-state index in [9.17, 15) is 13.2 Å². The maximum Gasteiger partial charge on any atom is 0.267 e. The standard InChI is InChI=1S/C21H26N4O2.C3H6O3S/c1-21(2)11-15-9-14(20(22)26)3-4-18(15)24-19(21)16-10-17(13-23-12-16)25-5-7-27-8-6-25;4-7(5,6)3-1-2-3/h3-4,9-10,12-13,19,24H,5-8,11H2,1-2H3,(H2,22,26);3H,1-2H2,(H,4,5,6). The van der Waals surface area contributed by atoms with Gasteiger partial charge in [0.2, 0.25) is 5.91 Å². The Labute approximate surface area is 200 Å². The molecule has 1 aromatic heterocycles. The third-order valence-electron chi connectivity index (χ3n) is 6.52. The summed E-state index contributed by atoms with van der Waals surface area (Å²) >= 11 is 0. The lowest BCUT2D eigenvalue weighted by molar-refractivity contribution is 0.1000. The lowest BCUT2D eigenvalue weighted by atomic mass is 9.73. The van der Waals surface area contributed by atoms with E-state index in [1.165, 1.54) is 5.56 Å². The predicted octanol–water partition coefficient (Wildman–Crippen LogP) is 2.79. The van der Waals surface area contributed by atoms with E-state index in [0.29, 0.717) is 18.4 Å². The van der Waals surface area contributed by atoms with E-state index in [2.05, 4.69) is 35.1 Å². The number of anilines is 2. The van der Waals surface area contributed by atoms with Gasteiger partial charge in [0.05, 0.1) is 36.4 Å². The van der Waals surface area contributed by atoms with Gasteiger partial charge >= 0.3 is 0 Å². The molecule has 0 spiro atoms. The summed E-state index contributed by atoms with van der Waals surface area (Å²) in [6.07, 6.45) is 6.02. The molecule has 9 nitrogen and oxygen atoms in total. The van der Waals surface area contributed by atoms with Gasteiger partial charge in [-0.3, -0.25) is 14.3 Å². The summed E-state index contributed by atoms with van der Waals surface area (Å²) in [5, 5.41) is 3.24. The number of nitrogens with one attached hydrogen (secondary N) is 1. The summed E-state index contributed by atoms with van der Waals surface area (Å²) in [4.78, 5) is 18.3. The number of nitrogens with two attached hydrogens (primary N) is 1. The van der Waals surface area contributed by atoms with Crippen molar-refractivity contribution in [1.29, 1.82) is 0 Å². The van der Waals surface area contributed by atoms with Crippen LogP contribution in [0.3, 0.4) is 0 Å². The fourth-order valence-corrected chi connectivity index (χ4v) is 5.21. The van der Waals surface area contributed by atoms with E-state index in [4.69, 9.17) is 15.0 Å². The largest absolute Gasteiger partial charge is 0.378 e. The number of pyridine rings is 1. The zero-order valence-corrected chi connectivity index (χ0v) is 20.3. The third-order valence-corrected chi connectivity index (χ3v) is 7.83. The van der Waals surface area contributed by atoms with Crippen molar-refractivity contribution in [2.45, 2.75) is 44.4 Å². The highest BCUT2D eigenvalue weighted by Crippen LogP contribution is 2.45. The van der Waals surface area contributed by atoms with Gasteiger partial charge in [0, 0.05) is 30.5 Å². The maximum absolute atomic E-state index is 11.5. The third kappa shape index (κ3) is 5.68. The second kappa shape index (κ2) is 9.52. The SMILES string of the molecule is CC1(C)Cc2cc(C(N)=O)ccc2NC1c1cncc(N2CCOCC2)c1.O=S(=O)(O)C1CC1. The van der Waals surface area contributed by atoms with Crippen molar-refractivity contribution in [1.82, 2.24) is 4.98 Å². The molecule has 5 rings (SSSR count). The fourth-order valence-electron chi connectivity index (χ4n) is 4.48. The van der Waals surface area contributed by atoms with Crippen molar-refractivity contribution in [3.8, 4) is 0 Å². The second-order valence-electron chi connectivity index (χ2n) is 9.77. The molecule has 3 heterocycles. The Morgan fingerprint density at radius 2 is 1.91 bits per heavy atom. The normalized spacial score (nSPS) is 21.5. The average molecular weight is 489 g/mol. The van der Waals surface area contributed by atoms with Crippen molar-refractivity contribution < 1.29 is 22.5 Å². The van der Waals surface area contributed by atoms with Crippen molar-refractivity contribution in [3.63, 3.8) is 0 Å². The Morgan fingerprint density at radius 3 is 2.50 bits per heavy atom. The number of nitrogens with zero attached hydrogens (tertiary/aromatic N) is 2. The summed E-state index contributed by atoms with van der Waals surface area (Å²) in [6, 6.07) is 8.02. The molecule has 1 unspecified atom stereocenters. The molecule has 2 aliphatic heterocycles. The summed E-state index contributed by atoms with van der Waals surface area (Å²) in [6.45, 7) is 7.79. The number of carbonyl (C=O) groups excluding carboxylic acids is 1. The van der Waals surface area contributed by atoms with E-state index in [1.54, 1.807) is 6.07 Å². The molecule has 184 valence electrons. The first-order valence-corrected chi connectivity index (χ1v) is 13.0. The monoisotopic (exact) mass is 488 g/mol. The van der Waals surface area contributed by atoms with Crippen molar-refractivity contribution in [3.05, 3.63) is 53.3 Å². The predicted molar refractivity (Wildman–Crippen MR) is 131 cm³/mol. The molecular formula is C24H32N4O5S. The minimum Gasteiger partial charge on any atom is -0.378 e. The van der Waals surface area contributed by atoms with Crippen LogP contribution >= 0.6 is 0 Å². The van der Waals surface area contributed by atoms with Crippen LogP contribution in [0.2, 0.25) is 0 Å². The molecule has 1 amide bonds. The lowest BCUT2D eigenvalue weighted by Crippen LogP contribution is -2.37. The minimum atomic E-state index is -3.63. The molecule has 0 bridgehead atoms. The smallest absolute Gasteiger partial charge is 0.267 e. The summed E-state index contributed by atoms with van der Waals surface area (Å²) < 4.78 is 33.5. The van der Waals surface area contributed by atoms with Crippen LogP contribution in [0.4, 0.5) is 11.4 Å². The van der Waals surface area contributed by atoms with Gasteiger partial charge in [-0.25, -0.2) is 0 Å². The number of hydrogen-bond acceptors (Lipinski definition) is 7. The number of rotatable bonds is 4. The highest BCUT2D eigenvalue weighted by Gasteiger charge is 2.36. The van der Waals surface area contributed by atoms with Gasteiger partial charge < -0.3 is 20.7 Å². The Kier molecular flexibility index (Phi) is 6.84. The van der Waals surface area contributed by atoms with E-state index in [-0.39, 0.29) is 17.4 Å². The molecule has 10 heteroatoms. The van der Waals surface area contributed by atoms with Crippen LogP contribution in [0, 0.1) is 5.41 Å². The molecule has 2 fully saturated rings. The van der Waals surface area contributed by atoms with Crippen LogP contribution in [-0.2, 0) is 21.3 Å². The van der Waals surface area contributed by atoms with Crippen LogP contribution in [0.5, 0.6) is 0 Å². The van der Waals surface area contributed by atoms with Crippen molar-refractivity contribution in [2.75, 3.05) is 36.5 Å². The van der Waals surface area contributed by atoms with E-state index in [0.717, 1.165) is 49.7 Å². The molecule has 1 atom stereocenters. The quantitative estimate of drug-likeness (QED) is 0.559. The van der Waals surface area contributed by atoms with Crippen molar-refractivity contribution >= 4 is 27.4 Å². The minimum absolute atomic E-state index is 0.0332. The van der Waals surface area contributed by atoms with Gasteiger partial charge in [-0.2, -0.15) is 8.42 Å². The number of ether oxygens (including phenoxy) is 1. The summed E-state index contributed by atoms with van der Waals surface area (Å²) in [7, 11) is -3.63. The molecule has 2 aromatic rings. The Balaban J connectivity index is 0.000000336. The van der Waals surface area contributed by atoms with E-state index < -0.39 is 15.4 Å². The molecule has 1 aliphatic carbocycles. The van der Waals surface area contributed by atoms with Gasteiger partial charge in [-0.05, 0) is 60.1 Å². The number of fused-ring (bicyclic) bond motifs is 1. The molecule has 1 saturated heterocycles. The Morgan fingerprint density at radius 1 is 1.21 bits per heavy atom. The molecule has 1 saturated carbocycles. The summed E-state index contributed by atoms with van der Waals surface area (Å²) in [5.74, 6) is -0.389. The molecule has 3 aliphatic rings. The first-order valence-electron chi connectivity index (χ1n) is 11.5. The maximum atomic E-state index is 11.5. The topological polar surface area (TPSA) is 135 Å². The first kappa shape index (κ1) is 24.4. The van der Waals surface area contributed by atoms with Gasteiger partial charge in [-0.1, -0.05) is 13.8 Å². The van der Waals surface area contributed by atoms with E-state index >= 15 is 0 Å². The number of carbonyl (C=O) groups is 1. The number of amides is 1. The van der Waals surface area contributed by atoms with Crippen LogP contribution < -0.4 is 16.0 Å². The molecule has 0 radical (unpaired) electrons. The highest BCUT2D eigenvalue weighted by molar-refractivity contribution is 7.86. The number of benzene rings is 1. The number of aromatic nitrogens is 1. The van der Waals surface area contributed by atoms with Crippen molar-refractivity contribution in [2.24, 2.45) is 11.1 Å². The van der Waals surface area contributed by atoms with Crippen LogP contribution in [0.1, 0.15) is 54.2 Å². The van der Waals surface area contributed by atoms with Gasteiger partial charge in [0.1, 0.15) is 0 Å². The average Bonchev–Trinajstić information content (AvgIpc) is 3.65. The highest BCUT2D eigenvalue weighted by atomic mass is 32.2. The second-order valence-corrected chi connectivity index (χ2v) is 11.5. The van der Waals surface area contributed by atoms with E-state index in [1.807, 2.05) is 24.5 Å². The molecular weight excluding hydrogens is 456 g/mol. The number of primary amides is 1. The van der Waals surface area contributed by atoms with Gasteiger partial charge in [-0.15, -0.1) is 0 Å². The van der Waals surface area contributed by atoms with Gasteiger partial charge in [0.25, 0.3) is 10.1 Å². The number of hydrogen-bond donors (Lipinski definition) is 3. The lowest BCUT2D eigenvalue weighted by Gasteiger charge is -2.41.